The highest BCUT2D eigenvalue weighted by Crippen LogP contribution is 2.46. The number of benzene rings is 1. The molecule has 1 saturated carbocycles. The van der Waals surface area contributed by atoms with Gasteiger partial charge in [0.05, 0.1) is 0 Å². The lowest BCUT2D eigenvalue weighted by atomic mass is 9.64. The van der Waals surface area contributed by atoms with E-state index in [1.807, 2.05) is 0 Å². The molecule has 2 N–H and O–H groups in total. The Bertz CT molecular complexity index is 778. The molecule has 1 aromatic rings. The van der Waals surface area contributed by atoms with Gasteiger partial charge in [0.25, 0.3) is 5.91 Å². The molecule has 2 unspecified atom stereocenters. The van der Waals surface area contributed by atoms with Gasteiger partial charge in [0.15, 0.2) is 0 Å². The van der Waals surface area contributed by atoms with Crippen LogP contribution in [-0.2, 0) is 16.0 Å². The third-order valence-corrected chi connectivity index (χ3v) is 5.58. The fourth-order valence-corrected chi connectivity index (χ4v) is 4.85. The normalized spacial score (nSPS) is 26.4. The number of carbonyl (C=O) groups is 3. The number of carbonyl (C=O) groups excluding carboxylic acids is 3. The molecule has 152 valence electrons. The molecule has 0 radical (unpaired) electrons. The van der Waals surface area contributed by atoms with Gasteiger partial charge >= 0.3 is 6.03 Å². The molecule has 2 aliphatic rings. The molecule has 1 spiro atoms. The Kier molecular flexibility index (Phi) is 5.46. The number of rotatable bonds is 5. The lowest BCUT2D eigenvalue weighted by molar-refractivity contribution is -0.137. The molecular formula is C21H28FN3O3. The van der Waals surface area contributed by atoms with Gasteiger partial charge in [-0.3, -0.25) is 14.5 Å². The summed E-state index contributed by atoms with van der Waals surface area (Å²) in [5.74, 6) is -0.672. The summed E-state index contributed by atoms with van der Waals surface area (Å²) >= 11 is 0. The van der Waals surface area contributed by atoms with Crippen molar-refractivity contribution in [2.75, 3.05) is 13.1 Å². The van der Waals surface area contributed by atoms with E-state index in [1.54, 1.807) is 12.1 Å². The van der Waals surface area contributed by atoms with Crippen LogP contribution in [0, 0.1) is 17.2 Å². The van der Waals surface area contributed by atoms with Crippen LogP contribution in [0.15, 0.2) is 24.3 Å². The molecule has 1 heterocycles. The van der Waals surface area contributed by atoms with Crippen molar-refractivity contribution in [3.05, 3.63) is 35.6 Å². The molecule has 1 aliphatic carbocycles. The Morgan fingerprint density at radius 2 is 1.93 bits per heavy atom. The molecule has 4 amide bonds. The van der Waals surface area contributed by atoms with Crippen molar-refractivity contribution >= 4 is 17.8 Å². The molecule has 6 nitrogen and oxygen atoms in total. The lowest BCUT2D eigenvalue weighted by Crippen LogP contribution is -2.54. The average Bonchev–Trinajstić information content (AvgIpc) is 2.78. The number of nitrogens with zero attached hydrogens (tertiary/aromatic N) is 1. The number of imide groups is 1. The van der Waals surface area contributed by atoms with E-state index in [-0.39, 0.29) is 29.6 Å². The van der Waals surface area contributed by atoms with E-state index >= 15 is 0 Å². The van der Waals surface area contributed by atoms with Gasteiger partial charge in [0.2, 0.25) is 5.91 Å². The zero-order chi connectivity index (χ0) is 20.5. The first-order valence-electron chi connectivity index (χ1n) is 9.75. The van der Waals surface area contributed by atoms with Crippen LogP contribution in [0.2, 0.25) is 0 Å². The van der Waals surface area contributed by atoms with Crippen molar-refractivity contribution in [3.8, 4) is 0 Å². The van der Waals surface area contributed by atoms with Gasteiger partial charge in [-0.1, -0.05) is 32.9 Å². The van der Waals surface area contributed by atoms with Crippen LogP contribution in [-0.4, -0.2) is 41.4 Å². The highest BCUT2D eigenvalue weighted by Gasteiger charge is 2.56. The zero-order valence-electron chi connectivity index (χ0n) is 16.7. The number of urea groups is 1. The van der Waals surface area contributed by atoms with Crippen LogP contribution in [0.3, 0.4) is 0 Å². The van der Waals surface area contributed by atoms with E-state index in [0.29, 0.717) is 31.7 Å². The average molecular weight is 389 g/mol. The summed E-state index contributed by atoms with van der Waals surface area (Å²) in [6.07, 6.45) is 2.73. The fraction of sp³-hybridized carbons (Fsp3) is 0.571. The minimum Gasteiger partial charge on any atom is -0.354 e. The van der Waals surface area contributed by atoms with Gasteiger partial charge in [-0.15, -0.1) is 0 Å². The number of nitrogens with one attached hydrogen (secondary N) is 2. The Hall–Kier alpha value is -2.44. The highest BCUT2D eigenvalue weighted by molar-refractivity contribution is 6.09. The molecule has 0 aromatic heterocycles. The van der Waals surface area contributed by atoms with Gasteiger partial charge in [0.1, 0.15) is 17.9 Å². The highest BCUT2D eigenvalue weighted by atomic mass is 19.1. The first-order chi connectivity index (χ1) is 13.1. The van der Waals surface area contributed by atoms with E-state index in [4.69, 9.17) is 0 Å². The van der Waals surface area contributed by atoms with E-state index < -0.39 is 11.6 Å². The van der Waals surface area contributed by atoms with Crippen molar-refractivity contribution in [3.63, 3.8) is 0 Å². The monoisotopic (exact) mass is 389 g/mol. The minimum atomic E-state index is -0.896. The summed E-state index contributed by atoms with van der Waals surface area (Å²) in [5.41, 5.74) is -0.0465. The second-order valence-electron chi connectivity index (χ2n) is 8.98. The van der Waals surface area contributed by atoms with E-state index in [1.165, 1.54) is 12.1 Å². The van der Waals surface area contributed by atoms with Crippen LogP contribution >= 0.6 is 0 Å². The van der Waals surface area contributed by atoms with Gasteiger partial charge in [0, 0.05) is 6.54 Å². The lowest BCUT2D eigenvalue weighted by Gasteiger charge is -2.43. The first-order valence-corrected chi connectivity index (χ1v) is 9.75. The summed E-state index contributed by atoms with van der Waals surface area (Å²) in [7, 11) is 0. The van der Waals surface area contributed by atoms with Crippen LogP contribution < -0.4 is 10.6 Å². The number of hydrogen-bond donors (Lipinski definition) is 2. The number of halogens is 1. The largest absolute Gasteiger partial charge is 0.354 e. The van der Waals surface area contributed by atoms with E-state index in [2.05, 4.69) is 31.4 Å². The molecule has 1 aliphatic heterocycles. The topological polar surface area (TPSA) is 78.5 Å². The maximum Gasteiger partial charge on any atom is 0.325 e. The molecule has 2 atom stereocenters. The Morgan fingerprint density at radius 3 is 2.57 bits per heavy atom. The third kappa shape index (κ3) is 4.34. The Balaban J connectivity index is 1.56. The van der Waals surface area contributed by atoms with Crippen molar-refractivity contribution in [1.29, 1.82) is 0 Å². The Morgan fingerprint density at radius 1 is 1.25 bits per heavy atom. The summed E-state index contributed by atoms with van der Waals surface area (Å²) in [6.45, 7) is 6.37. The summed E-state index contributed by atoms with van der Waals surface area (Å²) < 4.78 is 12.9. The Labute approximate surface area is 164 Å². The van der Waals surface area contributed by atoms with Crippen molar-refractivity contribution in [2.45, 2.75) is 52.0 Å². The molecule has 1 aromatic carbocycles. The molecule has 2 fully saturated rings. The molecule has 3 rings (SSSR count). The minimum absolute atomic E-state index is 0.0476. The van der Waals surface area contributed by atoms with Gasteiger partial charge in [-0.2, -0.15) is 0 Å². The third-order valence-electron chi connectivity index (χ3n) is 5.58. The molecule has 1 saturated heterocycles. The smallest absolute Gasteiger partial charge is 0.325 e. The first kappa shape index (κ1) is 20.3. The molecule has 0 bridgehead atoms. The summed E-state index contributed by atoms with van der Waals surface area (Å²) in [4.78, 5) is 38.7. The van der Waals surface area contributed by atoms with Crippen LogP contribution in [0.1, 0.15) is 45.6 Å². The quantitative estimate of drug-likeness (QED) is 0.760. The maximum absolute atomic E-state index is 13.0. The second kappa shape index (κ2) is 7.53. The van der Waals surface area contributed by atoms with Crippen molar-refractivity contribution in [2.24, 2.45) is 11.3 Å². The van der Waals surface area contributed by atoms with Crippen LogP contribution in [0.25, 0.3) is 0 Å². The number of hydrogen-bond acceptors (Lipinski definition) is 3. The predicted octanol–water partition coefficient (Wildman–Crippen LogP) is 2.62. The van der Waals surface area contributed by atoms with Gasteiger partial charge < -0.3 is 10.6 Å². The number of amides is 4. The van der Waals surface area contributed by atoms with E-state index in [0.717, 1.165) is 16.9 Å². The van der Waals surface area contributed by atoms with Crippen LogP contribution in [0.5, 0.6) is 0 Å². The predicted molar refractivity (Wildman–Crippen MR) is 103 cm³/mol. The molecule has 7 heteroatoms. The molecular weight excluding hydrogens is 361 g/mol. The van der Waals surface area contributed by atoms with Crippen molar-refractivity contribution in [1.82, 2.24) is 15.5 Å². The second-order valence-corrected chi connectivity index (χ2v) is 8.98. The van der Waals surface area contributed by atoms with E-state index in [9.17, 15) is 18.8 Å². The van der Waals surface area contributed by atoms with Crippen LogP contribution in [0.4, 0.5) is 9.18 Å². The maximum atomic E-state index is 13.0. The van der Waals surface area contributed by atoms with Gasteiger partial charge in [-0.25, -0.2) is 9.18 Å². The summed E-state index contributed by atoms with van der Waals surface area (Å²) in [5, 5.41) is 5.59. The SMILES string of the molecule is CC1CC(C)(C)CC2(C1)NC(=O)N(CC(=O)NCCc1ccc(F)cc1)C2=O. The molecule has 28 heavy (non-hydrogen) atoms. The van der Waals surface area contributed by atoms with Gasteiger partial charge in [-0.05, 0) is 54.7 Å². The summed E-state index contributed by atoms with van der Waals surface area (Å²) in [6, 6.07) is 5.57. The fourth-order valence-electron chi connectivity index (χ4n) is 4.85. The zero-order valence-corrected chi connectivity index (χ0v) is 16.7. The standard InChI is InChI=1S/C21H28FN3O3/c1-14-10-20(2,3)13-21(11-14)18(27)25(19(28)24-21)12-17(26)23-9-8-15-4-6-16(22)7-5-15/h4-7,14H,8-13H2,1-3H3,(H,23,26)(H,24,28). The van der Waals surface area contributed by atoms with Crippen molar-refractivity contribution < 1.29 is 18.8 Å².